The average Bonchev–Trinajstić information content (AvgIpc) is 2.98. The van der Waals surface area contributed by atoms with Crippen LogP contribution in [0.5, 0.6) is 5.75 Å². The topological polar surface area (TPSA) is 50.9 Å². The fourth-order valence-corrected chi connectivity index (χ4v) is 2.55. The van der Waals surface area contributed by atoms with Crippen molar-refractivity contribution in [3.8, 4) is 11.4 Å². The first-order chi connectivity index (χ1) is 9.15. The molecular weight excluding hydrogens is 238 g/mol. The molecule has 2 aromatic rings. The molecule has 4 nitrogen and oxygen atoms in total. The van der Waals surface area contributed by atoms with Gasteiger partial charge in [-0.2, -0.15) is 0 Å². The second kappa shape index (κ2) is 4.68. The van der Waals surface area contributed by atoms with Gasteiger partial charge in [0, 0.05) is 0 Å². The number of hydrogen-bond donors (Lipinski definition) is 1. The van der Waals surface area contributed by atoms with Gasteiger partial charge in [-0.15, -0.1) is 5.10 Å². The van der Waals surface area contributed by atoms with Crippen LogP contribution in [0.4, 0.5) is 0 Å². The van der Waals surface area contributed by atoms with E-state index >= 15 is 0 Å². The van der Waals surface area contributed by atoms with Gasteiger partial charge < -0.3 is 5.11 Å². The van der Waals surface area contributed by atoms with Gasteiger partial charge in [0.1, 0.15) is 5.75 Å². The molecule has 1 fully saturated rings. The SMILES string of the molecule is Cc1c(CCC2CC2C)nnn1-c1ccc(O)cc1. The number of nitrogens with zero attached hydrogens (tertiary/aromatic N) is 3. The molecule has 1 aromatic heterocycles. The van der Waals surface area contributed by atoms with Gasteiger partial charge in [0.15, 0.2) is 0 Å². The van der Waals surface area contributed by atoms with E-state index in [1.807, 2.05) is 16.8 Å². The zero-order valence-electron chi connectivity index (χ0n) is 11.4. The Morgan fingerprint density at radius 1 is 1.32 bits per heavy atom. The summed E-state index contributed by atoms with van der Waals surface area (Å²) in [7, 11) is 0. The van der Waals surface area contributed by atoms with Crippen molar-refractivity contribution in [1.82, 2.24) is 15.0 Å². The highest BCUT2D eigenvalue weighted by Gasteiger charge is 2.32. The molecule has 1 N–H and O–H groups in total. The summed E-state index contributed by atoms with van der Waals surface area (Å²) < 4.78 is 1.84. The minimum absolute atomic E-state index is 0.268. The van der Waals surface area contributed by atoms with E-state index in [9.17, 15) is 5.11 Å². The third kappa shape index (κ3) is 2.48. The Hall–Kier alpha value is -1.84. The molecule has 2 unspecified atom stereocenters. The van der Waals surface area contributed by atoms with Crippen LogP contribution in [0.15, 0.2) is 24.3 Å². The Balaban J connectivity index is 1.76. The first-order valence-electron chi connectivity index (χ1n) is 6.85. The Labute approximate surface area is 113 Å². The van der Waals surface area contributed by atoms with Crippen molar-refractivity contribution >= 4 is 0 Å². The van der Waals surface area contributed by atoms with Crippen LogP contribution < -0.4 is 0 Å². The number of aromatic nitrogens is 3. The Kier molecular flexibility index (Phi) is 3.01. The van der Waals surface area contributed by atoms with Crippen LogP contribution in [0, 0.1) is 18.8 Å². The second-order valence-electron chi connectivity index (χ2n) is 5.56. The van der Waals surface area contributed by atoms with Crippen LogP contribution in [0.3, 0.4) is 0 Å². The van der Waals surface area contributed by atoms with E-state index in [1.54, 1.807) is 12.1 Å². The number of phenols is 1. The summed E-state index contributed by atoms with van der Waals surface area (Å²) in [5.41, 5.74) is 3.13. The van der Waals surface area contributed by atoms with Crippen molar-refractivity contribution in [1.29, 1.82) is 0 Å². The van der Waals surface area contributed by atoms with E-state index in [-0.39, 0.29) is 5.75 Å². The molecule has 0 saturated heterocycles. The van der Waals surface area contributed by atoms with Crippen molar-refractivity contribution in [2.45, 2.75) is 33.1 Å². The summed E-state index contributed by atoms with van der Waals surface area (Å²) in [6, 6.07) is 7.04. The highest BCUT2D eigenvalue weighted by Crippen LogP contribution is 2.41. The standard InChI is InChI=1S/C15H19N3O/c1-10-9-12(10)3-8-15-11(2)18(17-16-15)13-4-6-14(19)7-5-13/h4-7,10,12,19H,3,8-9H2,1-2H3. The van der Waals surface area contributed by atoms with Crippen LogP contribution in [0.1, 0.15) is 31.2 Å². The minimum Gasteiger partial charge on any atom is -0.508 e. The van der Waals surface area contributed by atoms with Crippen LogP contribution in [0.2, 0.25) is 0 Å². The Morgan fingerprint density at radius 3 is 2.63 bits per heavy atom. The average molecular weight is 257 g/mol. The number of rotatable bonds is 4. The number of benzene rings is 1. The zero-order chi connectivity index (χ0) is 13.4. The first kappa shape index (κ1) is 12.2. The molecule has 1 aliphatic carbocycles. The van der Waals surface area contributed by atoms with Crippen molar-refractivity contribution in [3.63, 3.8) is 0 Å². The largest absolute Gasteiger partial charge is 0.508 e. The molecule has 0 spiro atoms. The molecule has 1 aliphatic rings. The van der Waals surface area contributed by atoms with Crippen LogP contribution in [-0.4, -0.2) is 20.1 Å². The molecule has 0 amide bonds. The molecule has 1 saturated carbocycles. The molecule has 4 heteroatoms. The van der Waals surface area contributed by atoms with Gasteiger partial charge in [-0.3, -0.25) is 0 Å². The maximum absolute atomic E-state index is 9.31. The second-order valence-corrected chi connectivity index (χ2v) is 5.56. The molecule has 0 radical (unpaired) electrons. The lowest BCUT2D eigenvalue weighted by atomic mass is 10.1. The monoisotopic (exact) mass is 257 g/mol. The minimum atomic E-state index is 0.268. The molecule has 3 rings (SSSR count). The third-order valence-electron chi connectivity index (χ3n) is 4.11. The third-order valence-corrected chi connectivity index (χ3v) is 4.11. The summed E-state index contributed by atoms with van der Waals surface area (Å²) in [6.45, 7) is 4.36. The van der Waals surface area contributed by atoms with Gasteiger partial charge in [0.05, 0.1) is 17.1 Å². The molecular formula is C15H19N3O. The fraction of sp³-hybridized carbons (Fsp3) is 0.467. The van der Waals surface area contributed by atoms with Crippen molar-refractivity contribution in [2.75, 3.05) is 0 Å². The lowest BCUT2D eigenvalue weighted by Crippen LogP contribution is -1.99. The van der Waals surface area contributed by atoms with Crippen LogP contribution in [0.25, 0.3) is 5.69 Å². The molecule has 100 valence electrons. The Bertz CT molecular complexity index is 574. The lowest BCUT2D eigenvalue weighted by molar-refractivity contribution is 0.475. The van der Waals surface area contributed by atoms with Crippen LogP contribution >= 0.6 is 0 Å². The lowest BCUT2D eigenvalue weighted by Gasteiger charge is -2.04. The predicted molar refractivity (Wildman–Crippen MR) is 73.4 cm³/mol. The maximum Gasteiger partial charge on any atom is 0.115 e. The first-order valence-corrected chi connectivity index (χ1v) is 6.85. The highest BCUT2D eigenvalue weighted by molar-refractivity contribution is 5.37. The molecule has 1 aromatic carbocycles. The summed E-state index contributed by atoms with van der Waals surface area (Å²) in [6.07, 6.45) is 3.60. The van der Waals surface area contributed by atoms with E-state index in [0.717, 1.165) is 35.3 Å². The normalized spacial score (nSPS) is 21.6. The molecule has 2 atom stereocenters. The van der Waals surface area contributed by atoms with Gasteiger partial charge in [0.25, 0.3) is 0 Å². The Morgan fingerprint density at radius 2 is 2.00 bits per heavy atom. The summed E-state index contributed by atoms with van der Waals surface area (Å²) in [4.78, 5) is 0. The van der Waals surface area contributed by atoms with Crippen LogP contribution in [-0.2, 0) is 6.42 Å². The fourth-order valence-electron chi connectivity index (χ4n) is 2.55. The number of aryl methyl sites for hydroxylation is 1. The smallest absolute Gasteiger partial charge is 0.115 e. The predicted octanol–water partition coefficient (Wildman–Crippen LogP) is 2.87. The number of hydrogen-bond acceptors (Lipinski definition) is 3. The van der Waals surface area contributed by atoms with Gasteiger partial charge in [-0.25, -0.2) is 4.68 Å². The van der Waals surface area contributed by atoms with Gasteiger partial charge in [-0.1, -0.05) is 12.1 Å². The van der Waals surface area contributed by atoms with E-state index < -0.39 is 0 Å². The van der Waals surface area contributed by atoms with Crippen molar-refractivity contribution < 1.29 is 5.11 Å². The summed E-state index contributed by atoms with van der Waals surface area (Å²) in [5.74, 6) is 2.05. The molecule has 1 heterocycles. The summed E-state index contributed by atoms with van der Waals surface area (Å²) in [5, 5.41) is 17.8. The van der Waals surface area contributed by atoms with E-state index in [2.05, 4.69) is 24.2 Å². The molecule has 19 heavy (non-hydrogen) atoms. The highest BCUT2D eigenvalue weighted by atomic mass is 16.3. The summed E-state index contributed by atoms with van der Waals surface area (Å²) >= 11 is 0. The van der Waals surface area contributed by atoms with E-state index in [0.29, 0.717) is 0 Å². The van der Waals surface area contributed by atoms with E-state index in [4.69, 9.17) is 0 Å². The number of phenolic OH excluding ortho intramolecular Hbond substituents is 1. The number of aromatic hydroxyl groups is 1. The quantitative estimate of drug-likeness (QED) is 0.916. The van der Waals surface area contributed by atoms with Gasteiger partial charge >= 0.3 is 0 Å². The molecule has 0 bridgehead atoms. The zero-order valence-corrected chi connectivity index (χ0v) is 11.4. The van der Waals surface area contributed by atoms with E-state index in [1.165, 1.54) is 12.8 Å². The van der Waals surface area contributed by atoms with Gasteiger partial charge in [-0.05, 0) is 62.3 Å². The van der Waals surface area contributed by atoms with Crippen molar-refractivity contribution in [2.24, 2.45) is 11.8 Å². The molecule has 0 aliphatic heterocycles. The van der Waals surface area contributed by atoms with Gasteiger partial charge in [0.2, 0.25) is 0 Å². The maximum atomic E-state index is 9.31. The van der Waals surface area contributed by atoms with Crippen molar-refractivity contribution in [3.05, 3.63) is 35.7 Å².